The molecule has 1 heterocycles. The standard InChI is InChI=1S/C25H30O7/c1-5-7-13-29-17-9-11-18(12-10-17)31-22-15-19(26)23-20(32-22)16-21(30-14-8-6-2)24(27-3)25(23)28-4/h9-12,15-16H,5-8,13-14H2,1-4H3. The lowest BCUT2D eigenvalue weighted by molar-refractivity contribution is 0.279. The van der Waals surface area contributed by atoms with Crippen molar-refractivity contribution in [3.63, 3.8) is 0 Å². The number of benzene rings is 2. The van der Waals surface area contributed by atoms with Crippen molar-refractivity contribution in [3.8, 4) is 34.7 Å². The van der Waals surface area contributed by atoms with Crippen molar-refractivity contribution in [3.05, 3.63) is 46.6 Å². The third kappa shape index (κ3) is 5.46. The molecule has 3 aromatic rings. The van der Waals surface area contributed by atoms with Gasteiger partial charge in [-0.25, -0.2) is 0 Å². The van der Waals surface area contributed by atoms with Crippen molar-refractivity contribution in [1.29, 1.82) is 0 Å². The highest BCUT2D eigenvalue weighted by Gasteiger charge is 2.21. The van der Waals surface area contributed by atoms with Crippen LogP contribution in [0.5, 0.6) is 34.7 Å². The van der Waals surface area contributed by atoms with E-state index in [0.29, 0.717) is 30.5 Å². The van der Waals surface area contributed by atoms with Crippen molar-refractivity contribution < 1.29 is 28.1 Å². The quantitative estimate of drug-likeness (QED) is 0.320. The van der Waals surface area contributed by atoms with Gasteiger partial charge in [0.2, 0.25) is 11.2 Å². The number of unbranched alkanes of at least 4 members (excludes halogenated alkanes) is 2. The van der Waals surface area contributed by atoms with Gasteiger partial charge < -0.3 is 28.1 Å². The molecule has 7 nitrogen and oxygen atoms in total. The van der Waals surface area contributed by atoms with Crippen LogP contribution in [0.1, 0.15) is 39.5 Å². The lowest BCUT2D eigenvalue weighted by Gasteiger charge is -2.16. The summed E-state index contributed by atoms with van der Waals surface area (Å²) in [7, 11) is 2.98. The molecular formula is C25H30O7. The van der Waals surface area contributed by atoms with E-state index in [4.69, 9.17) is 28.1 Å². The van der Waals surface area contributed by atoms with Crippen LogP contribution in [0, 0.1) is 0 Å². The molecule has 0 spiro atoms. The lowest BCUT2D eigenvalue weighted by Crippen LogP contribution is -2.06. The fraction of sp³-hybridized carbons (Fsp3) is 0.400. The molecule has 0 radical (unpaired) electrons. The van der Waals surface area contributed by atoms with E-state index >= 15 is 0 Å². The maximum absolute atomic E-state index is 12.9. The van der Waals surface area contributed by atoms with Crippen LogP contribution in [0.2, 0.25) is 0 Å². The SMILES string of the molecule is CCCCOc1ccc(Oc2cc(=O)c3c(OC)c(OC)c(OCCCC)cc3o2)cc1. The molecule has 0 aliphatic rings. The molecule has 7 heteroatoms. The first-order valence-electron chi connectivity index (χ1n) is 10.9. The van der Waals surface area contributed by atoms with Gasteiger partial charge in [-0.05, 0) is 37.1 Å². The van der Waals surface area contributed by atoms with E-state index < -0.39 is 0 Å². The zero-order chi connectivity index (χ0) is 22.9. The van der Waals surface area contributed by atoms with E-state index in [1.807, 2.05) is 12.1 Å². The predicted octanol–water partition coefficient (Wildman–Crippen LogP) is 5.96. The van der Waals surface area contributed by atoms with Gasteiger partial charge >= 0.3 is 0 Å². The Bertz CT molecular complexity index is 1070. The minimum absolute atomic E-state index is 0.0638. The van der Waals surface area contributed by atoms with Gasteiger partial charge in [0.15, 0.2) is 11.5 Å². The highest BCUT2D eigenvalue weighted by Crippen LogP contribution is 2.43. The van der Waals surface area contributed by atoms with E-state index in [2.05, 4.69) is 13.8 Å². The van der Waals surface area contributed by atoms with Crippen molar-refractivity contribution in [2.24, 2.45) is 0 Å². The van der Waals surface area contributed by atoms with Gasteiger partial charge in [-0.3, -0.25) is 4.79 Å². The third-order valence-electron chi connectivity index (χ3n) is 4.84. The lowest BCUT2D eigenvalue weighted by atomic mass is 10.1. The van der Waals surface area contributed by atoms with Crippen LogP contribution in [0.4, 0.5) is 0 Å². The normalized spacial score (nSPS) is 10.8. The maximum Gasteiger partial charge on any atom is 0.294 e. The number of methoxy groups -OCH3 is 2. The third-order valence-corrected chi connectivity index (χ3v) is 4.84. The second kappa shape index (κ2) is 11.3. The fourth-order valence-corrected chi connectivity index (χ4v) is 3.15. The number of hydrogen-bond acceptors (Lipinski definition) is 7. The van der Waals surface area contributed by atoms with Gasteiger partial charge in [-0.15, -0.1) is 0 Å². The molecule has 32 heavy (non-hydrogen) atoms. The van der Waals surface area contributed by atoms with Gasteiger partial charge in [-0.1, -0.05) is 26.7 Å². The van der Waals surface area contributed by atoms with E-state index in [-0.39, 0.29) is 28.1 Å². The van der Waals surface area contributed by atoms with Crippen LogP contribution in [0.25, 0.3) is 11.0 Å². The fourth-order valence-electron chi connectivity index (χ4n) is 3.15. The van der Waals surface area contributed by atoms with Gasteiger partial charge in [0.05, 0.1) is 33.5 Å². The number of fused-ring (bicyclic) bond motifs is 1. The Morgan fingerprint density at radius 3 is 2.06 bits per heavy atom. The summed E-state index contributed by atoms with van der Waals surface area (Å²) >= 11 is 0. The Hall–Kier alpha value is -3.35. The van der Waals surface area contributed by atoms with E-state index in [1.165, 1.54) is 20.3 Å². The second-order valence-corrected chi connectivity index (χ2v) is 7.22. The Morgan fingerprint density at radius 2 is 1.44 bits per heavy atom. The highest BCUT2D eigenvalue weighted by atomic mass is 16.6. The molecule has 0 N–H and O–H groups in total. The molecule has 172 valence electrons. The zero-order valence-electron chi connectivity index (χ0n) is 19.1. The van der Waals surface area contributed by atoms with Crippen molar-refractivity contribution in [2.75, 3.05) is 27.4 Å². The van der Waals surface area contributed by atoms with Crippen LogP contribution >= 0.6 is 0 Å². The molecular weight excluding hydrogens is 412 g/mol. The molecule has 0 unspecified atom stereocenters. The summed E-state index contributed by atoms with van der Waals surface area (Å²) in [5.74, 6) is 2.42. The molecule has 0 aliphatic carbocycles. The molecule has 0 bridgehead atoms. The van der Waals surface area contributed by atoms with Crippen molar-refractivity contribution >= 4 is 11.0 Å². The maximum atomic E-state index is 12.9. The van der Waals surface area contributed by atoms with Gasteiger partial charge in [0, 0.05) is 6.07 Å². The molecule has 0 saturated heterocycles. The minimum Gasteiger partial charge on any atom is -0.494 e. The Morgan fingerprint density at radius 1 is 0.812 bits per heavy atom. The Kier molecular flexibility index (Phi) is 8.25. The molecule has 0 fully saturated rings. The van der Waals surface area contributed by atoms with E-state index in [1.54, 1.807) is 18.2 Å². The van der Waals surface area contributed by atoms with Crippen molar-refractivity contribution in [2.45, 2.75) is 39.5 Å². The van der Waals surface area contributed by atoms with Crippen molar-refractivity contribution in [1.82, 2.24) is 0 Å². The highest BCUT2D eigenvalue weighted by molar-refractivity contribution is 5.89. The second-order valence-electron chi connectivity index (χ2n) is 7.22. The molecule has 0 aliphatic heterocycles. The van der Waals surface area contributed by atoms with Gasteiger partial charge in [-0.2, -0.15) is 0 Å². The summed E-state index contributed by atoms with van der Waals surface area (Å²) in [6.45, 7) is 5.37. The van der Waals surface area contributed by atoms with Crippen LogP contribution in [-0.4, -0.2) is 27.4 Å². The largest absolute Gasteiger partial charge is 0.494 e. The summed E-state index contributed by atoms with van der Waals surface area (Å²) in [6, 6.07) is 10.1. The predicted molar refractivity (Wildman–Crippen MR) is 123 cm³/mol. The van der Waals surface area contributed by atoms with Crippen LogP contribution in [-0.2, 0) is 0 Å². The molecule has 0 saturated carbocycles. The summed E-state index contributed by atoms with van der Waals surface area (Å²) in [5, 5.41) is 0.263. The average molecular weight is 443 g/mol. The monoisotopic (exact) mass is 442 g/mol. The van der Waals surface area contributed by atoms with Crippen LogP contribution in [0.15, 0.2) is 45.6 Å². The first-order valence-corrected chi connectivity index (χ1v) is 10.9. The van der Waals surface area contributed by atoms with Gasteiger partial charge in [0.1, 0.15) is 22.5 Å². The molecule has 0 amide bonds. The Balaban J connectivity index is 1.91. The number of rotatable bonds is 12. The summed E-state index contributed by atoms with van der Waals surface area (Å²) in [5.41, 5.74) is -0.0211. The average Bonchev–Trinajstić information content (AvgIpc) is 2.79. The van der Waals surface area contributed by atoms with Gasteiger partial charge in [0.25, 0.3) is 5.95 Å². The molecule has 3 rings (SSSR count). The van der Waals surface area contributed by atoms with E-state index in [0.717, 1.165) is 31.4 Å². The first-order chi connectivity index (χ1) is 15.6. The van der Waals surface area contributed by atoms with Crippen LogP contribution < -0.4 is 29.1 Å². The zero-order valence-corrected chi connectivity index (χ0v) is 19.1. The smallest absolute Gasteiger partial charge is 0.294 e. The molecule has 1 aromatic heterocycles. The molecule has 0 atom stereocenters. The first kappa shape index (κ1) is 23.3. The van der Waals surface area contributed by atoms with Crippen LogP contribution in [0.3, 0.4) is 0 Å². The van der Waals surface area contributed by atoms with E-state index in [9.17, 15) is 4.79 Å². The Labute approximate surface area is 187 Å². The summed E-state index contributed by atoms with van der Waals surface area (Å²) in [6.07, 6.45) is 3.94. The summed E-state index contributed by atoms with van der Waals surface area (Å²) in [4.78, 5) is 12.9. The molecule has 2 aromatic carbocycles. The number of ether oxygens (including phenoxy) is 5. The summed E-state index contributed by atoms with van der Waals surface area (Å²) < 4.78 is 34.1. The number of hydrogen-bond donors (Lipinski definition) is 0. The topological polar surface area (TPSA) is 76.4 Å². The minimum atomic E-state index is -0.309.